The van der Waals surface area contributed by atoms with Gasteiger partial charge in [0.25, 0.3) is 0 Å². The number of ether oxygens (including phenoxy) is 1. The highest BCUT2D eigenvalue weighted by molar-refractivity contribution is 5.93. The molecular weight excluding hydrogens is 395 g/mol. The predicted octanol–water partition coefficient (Wildman–Crippen LogP) is 3.80. The van der Waals surface area contributed by atoms with E-state index < -0.39 is 5.82 Å². The van der Waals surface area contributed by atoms with Gasteiger partial charge in [0.15, 0.2) is 0 Å². The molecule has 158 valence electrons. The van der Waals surface area contributed by atoms with Gasteiger partial charge in [-0.15, -0.1) is 0 Å². The Morgan fingerprint density at radius 3 is 3.00 bits per heavy atom. The summed E-state index contributed by atoms with van der Waals surface area (Å²) in [4.78, 5) is 12.6. The van der Waals surface area contributed by atoms with Crippen LogP contribution in [0.5, 0.6) is 5.88 Å². The third-order valence-electron chi connectivity index (χ3n) is 5.68. The minimum Gasteiger partial charge on any atom is -0.477 e. The molecule has 1 atom stereocenters. The van der Waals surface area contributed by atoms with E-state index in [0.29, 0.717) is 41.5 Å². The van der Waals surface area contributed by atoms with Crippen molar-refractivity contribution in [2.75, 3.05) is 17.7 Å². The van der Waals surface area contributed by atoms with Crippen molar-refractivity contribution < 1.29 is 9.13 Å². The van der Waals surface area contributed by atoms with Gasteiger partial charge in [0.1, 0.15) is 17.5 Å². The SMILES string of the molecule is Nc1ncc(F)c2cc(NCc3ccnc(OCC4CCn5ccnc5C4)c3)ccc12. The fourth-order valence-corrected chi connectivity index (χ4v) is 3.94. The van der Waals surface area contributed by atoms with Crippen molar-refractivity contribution in [2.24, 2.45) is 5.92 Å². The third-order valence-corrected chi connectivity index (χ3v) is 5.68. The molecular formula is C23H23FN6O. The van der Waals surface area contributed by atoms with Crippen LogP contribution in [0.2, 0.25) is 0 Å². The van der Waals surface area contributed by atoms with Crippen molar-refractivity contribution in [2.45, 2.75) is 25.9 Å². The third kappa shape index (κ3) is 4.14. The zero-order chi connectivity index (χ0) is 21.2. The van der Waals surface area contributed by atoms with Gasteiger partial charge in [0.2, 0.25) is 5.88 Å². The van der Waals surface area contributed by atoms with E-state index in [1.807, 2.05) is 30.6 Å². The summed E-state index contributed by atoms with van der Waals surface area (Å²) in [6.45, 7) is 2.17. The zero-order valence-electron chi connectivity index (χ0n) is 17.0. The van der Waals surface area contributed by atoms with E-state index in [9.17, 15) is 4.39 Å². The summed E-state index contributed by atoms with van der Waals surface area (Å²) in [5.74, 6) is 2.10. The number of nitrogen functional groups attached to an aromatic ring is 1. The van der Waals surface area contributed by atoms with Gasteiger partial charge >= 0.3 is 0 Å². The van der Waals surface area contributed by atoms with Crippen LogP contribution in [0.4, 0.5) is 15.9 Å². The molecule has 1 aliphatic rings. The van der Waals surface area contributed by atoms with Crippen LogP contribution in [0.3, 0.4) is 0 Å². The average Bonchev–Trinajstić information content (AvgIpc) is 3.27. The molecule has 1 aliphatic heterocycles. The summed E-state index contributed by atoms with van der Waals surface area (Å²) in [6, 6.07) is 9.25. The largest absolute Gasteiger partial charge is 0.477 e. The van der Waals surface area contributed by atoms with E-state index in [2.05, 4.69) is 24.8 Å². The van der Waals surface area contributed by atoms with Gasteiger partial charge < -0.3 is 20.4 Å². The highest BCUT2D eigenvalue weighted by Gasteiger charge is 2.19. The molecule has 0 radical (unpaired) electrons. The first-order valence-corrected chi connectivity index (χ1v) is 10.3. The standard InChI is InChI=1S/C23H23FN6O/c24-20-13-29-23(25)18-2-1-17(11-19(18)20)28-12-15-3-5-27-22(10-15)31-14-16-4-7-30-8-6-26-21(30)9-16/h1-3,5-6,8,10-11,13,16,28H,4,7,9,12,14H2,(H2,25,29). The Morgan fingerprint density at radius 2 is 2.06 bits per heavy atom. The van der Waals surface area contributed by atoms with E-state index >= 15 is 0 Å². The van der Waals surface area contributed by atoms with Crippen molar-refractivity contribution in [1.29, 1.82) is 0 Å². The maximum absolute atomic E-state index is 14.1. The Labute approximate surface area is 179 Å². The second-order valence-corrected chi connectivity index (χ2v) is 7.81. The quantitative estimate of drug-likeness (QED) is 0.495. The van der Waals surface area contributed by atoms with E-state index in [-0.39, 0.29) is 0 Å². The number of imidazole rings is 1. The predicted molar refractivity (Wildman–Crippen MR) is 117 cm³/mol. The molecule has 1 aromatic carbocycles. The van der Waals surface area contributed by atoms with Crippen molar-refractivity contribution in [3.63, 3.8) is 0 Å². The second-order valence-electron chi connectivity index (χ2n) is 7.81. The van der Waals surface area contributed by atoms with Gasteiger partial charge in [0, 0.05) is 66.5 Å². The van der Waals surface area contributed by atoms with Gasteiger partial charge in [-0.25, -0.2) is 19.3 Å². The Hall–Kier alpha value is -3.68. The molecule has 0 saturated heterocycles. The van der Waals surface area contributed by atoms with E-state index in [1.165, 1.54) is 0 Å². The smallest absolute Gasteiger partial charge is 0.213 e. The lowest BCUT2D eigenvalue weighted by Gasteiger charge is -2.23. The number of hydrogen-bond donors (Lipinski definition) is 2. The molecule has 0 amide bonds. The Bertz CT molecular complexity index is 1220. The van der Waals surface area contributed by atoms with Crippen LogP contribution in [0.15, 0.2) is 55.1 Å². The summed E-state index contributed by atoms with van der Waals surface area (Å²) >= 11 is 0. The number of aryl methyl sites for hydroxylation is 1. The summed E-state index contributed by atoms with van der Waals surface area (Å²) in [5, 5.41) is 4.37. The molecule has 0 fully saturated rings. The van der Waals surface area contributed by atoms with Crippen LogP contribution < -0.4 is 15.8 Å². The molecule has 0 spiro atoms. The Balaban J connectivity index is 1.21. The number of hydrogen-bond acceptors (Lipinski definition) is 6. The van der Waals surface area contributed by atoms with Crippen LogP contribution in [0.25, 0.3) is 10.8 Å². The number of nitrogens with zero attached hydrogens (tertiary/aromatic N) is 4. The van der Waals surface area contributed by atoms with Crippen LogP contribution in [0, 0.1) is 11.7 Å². The number of anilines is 2. The normalized spacial score (nSPS) is 15.6. The second kappa shape index (κ2) is 8.22. The van der Waals surface area contributed by atoms with E-state index in [0.717, 1.165) is 42.7 Å². The number of rotatable bonds is 6. The molecule has 3 N–H and O–H groups in total. The van der Waals surface area contributed by atoms with Gasteiger partial charge in [-0.1, -0.05) is 0 Å². The maximum Gasteiger partial charge on any atom is 0.213 e. The molecule has 31 heavy (non-hydrogen) atoms. The summed E-state index contributed by atoms with van der Waals surface area (Å²) in [7, 11) is 0. The molecule has 8 heteroatoms. The number of fused-ring (bicyclic) bond motifs is 2. The first-order chi connectivity index (χ1) is 15.2. The summed E-state index contributed by atoms with van der Waals surface area (Å²) in [6.07, 6.45) is 8.77. The molecule has 3 aromatic heterocycles. The average molecular weight is 418 g/mol. The van der Waals surface area contributed by atoms with Crippen LogP contribution >= 0.6 is 0 Å². The highest BCUT2D eigenvalue weighted by Crippen LogP contribution is 2.26. The molecule has 1 unspecified atom stereocenters. The Kier molecular flexibility index (Phi) is 5.11. The van der Waals surface area contributed by atoms with Gasteiger partial charge in [-0.3, -0.25) is 0 Å². The lowest BCUT2D eigenvalue weighted by Crippen LogP contribution is -2.24. The molecule has 4 heterocycles. The number of nitrogens with one attached hydrogen (secondary N) is 1. The molecule has 5 rings (SSSR count). The minimum absolute atomic E-state index is 0.320. The number of aromatic nitrogens is 4. The van der Waals surface area contributed by atoms with Crippen LogP contribution in [0.1, 0.15) is 17.8 Å². The lowest BCUT2D eigenvalue weighted by atomic mass is 9.99. The fourth-order valence-electron chi connectivity index (χ4n) is 3.94. The van der Waals surface area contributed by atoms with Gasteiger partial charge in [-0.2, -0.15) is 0 Å². The topological polar surface area (TPSA) is 90.9 Å². The van der Waals surface area contributed by atoms with Crippen molar-refractivity contribution in [1.82, 2.24) is 19.5 Å². The number of halogens is 1. The van der Waals surface area contributed by atoms with E-state index in [4.69, 9.17) is 10.5 Å². The number of benzene rings is 1. The van der Waals surface area contributed by atoms with E-state index in [1.54, 1.807) is 18.3 Å². The zero-order valence-corrected chi connectivity index (χ0v) is 17.0. The first-order valence-electron chi connectivity index (χ1n) is 10.3. The maximum atomic E-state index is 14.1. The fraction of sp³-hybridized carbons (Fsp3) is 0.261. The summed E-state index contributed by atoms with van der Waals surface area (Å²) < 4.78 is 22.3. The van der Waals surface area contributed by atoms with Crippen LogP contribution in [-0.2, 0) is 19.5 Å². The lowest BCUT2D eigenvalue weighted by molar-refractivity contribution is 0.212. The molecule has 0 bridgehead atoms. The van der Waals surface area contributed by atoms with Gasteiger partial charge in [-0.05, 0) is 36.2 Å². The molecule has 0 saturated carbocycles. The molecule has 7 nitrogen and oxygen atoms in total. The summed E-state index contributed by atoms with van der Waals surface area (Å²) in [5.41, 5.74) is 7.66. The van der Waals surface area contributed by atoms with Crippen molar-refractivity contribution in [3.05, 3.63) is 72.3 Å². The number of pyridine rings is 2. The monoisotopic (exact) mass is 418 g/mol. The van der Waals surface area contributed by atoms with Crippen molar-refractivity contribution in [3.8, 4) is 5.88 Å². The highest BCUT2D eigenvalue weighted by atomic mass is 19.1. The number of nitrogens with two attached hydrogens (primary N) is 1. The molecule has 4 aromatic rings. The van der Waals surface area contributed by atoms with Gasteiger partial charge in [0.05, 0.1) is 12.8 Å². The minimum atomic E-state index is -0.391. The Morgan fingerprint density at radius 1 is 1.13 bits per heavy atom. The first kappa shape index (κ1) is 19.3. The molecule has 0 aliphatic carbocycles. The van der Waals surface area contributed by atoms with Crippen LogP contribution in [-0.4, -0.2) is 26.1 Å². The van der Waals surface area contributed by atoms with Crippen molar-refractivity contribution >= 4 is 22.3 Å².